The minimum absolute atomic E-state index is 0.0502. The molecule has 0 N–H and O–H groups in total. The summed E-state index contributed by atoms with van der Waals surface area (Å²) >= 11 is 24.6. The number of halogens is 3. The average molecular weight is 436 g/mol. The van der Waals surface area contributed by atoms with Crippen molar-refractivity contribution >= 4 is 97.2 Å². The Kier molecular flexibility index (Phi) is 5.29. The predicted octanol–water partition coefficient (Wildman–Crippen LogP) is 5.08. The molecule has 0 radical (unpaired) electrons. The van der Waals surface area contributed by atoms with Crippen molar-refractivity contribution in [2.75, 3.05) is 4.90 Å². The molecular weight excluding hydrogens is 431 g/mol. The molecule has 1 saturated heterocycles. The third kappa shape index (κ3) is 3.51. The summed E-state index contributed by atoms with van der Waals surface area (Å²) in [5.74, 6) is -0.535. The van der Waals surface area contributed by atoms with Gasteiger partial charge in [0.15, 0.2) is 8.79 Å². The van der Waals surface area contributed by atoms with Gasteiger partial charge in [-0.1, -0.05) is 47.0 Å². The van der Waals surface area contributed by atoms with E-state index in [1.807, 2.05) is 0 Å². The highest BCUT2D eigenvalue weighted by atomic mass is 35.5. The van der Waals surface area contributed by atoms with Crippen molar-refractivity contribution in [1.29, 1.82) is 0 Å². The maximum Gasteiger partial charge on any atom is 0.268 e. The summed E-state index contributed by atoms with van der Waals surface area (Å²) in [6.45, 7) is 0. The van der Waals surface area contributed by atoms with E-state index in [1.54, 1.807) is 24.3 Å². The lowest BCUT2D eigenvalue weighted by atomic mass is 10.2. The fourth-order valence-corrected chi connectivity index (χ4v) is 4.45. The van der Waals surface area contributed by atoms with Gasteiger partial charge in [-0.15, -0.1) is 11.3 Å². The zero-order valence-electron chi connectivity index (χ0n) is 11.5. The second-order valence-electron chi connectivity index (χ2n) is 4.45. The third-order valence-electron chi connectivity index (χ3n) is 2.96. The van der Waals surface area contributed by atoms with Crippen molar-refractivity contribution in [3.63, 3.8) is 0 Å². The van der Waals surface area contributed by atoms with Crippen LogP contribution in [0.5, 0.6) is 0 Å². The number of amides is 1. The standard InChI is InChI=1S/C14H5Cl3N2O2S3/c15-6-1-3-7(4-2-6)19-11(20)8(12(21)24-14(19)22)5-9-10(16)18-13(17)23-9/h1-5H. The smallest absolute Gasteiger partial charge is 0.268 e. The molecule has 2 aromatic rings. The van der Waals surface area contributed by atoms with Gasteiger partial charge in [0.25, 0.3) is 5.91 Å². The normalized spacial score (nSPS) is 17.0. The monoisotopic (exact) mass is 434 g/mol. The summed E-state index contributed by atoms with van der Waals surface area (Å²) in [4.78, 5) is 30.5. The van der Waals surface area contributed by atoms with Gasteiger partial charge < -0.3 is 0 Å². The van der Waals surface area contributed by atoms with Crippen molar-refractivity contribution < 1.29 is 9.59 Å². The van der Waals surface area contributed by atoms with E-state index in [4.69, 9.17) is 47.0 Å². The van der Waals surface area contributed by atoms with Gasteiger partial charge in [0, 0.05) is 5.02 Å². The highest BCUT2D eigenvalue weighted by Crippen LogP contribution is 2.34. The third-order valence-corrected chi connectivity index (χ3v) is 5.91. The second kappa shape index (κ2) is 7.11. The van der Waals surface area contributed by atoms with E-state index < -0.39 is 11.0 Å². The molecule has 0 aliphatic carbocycles. The lowest BCUT2D eigenvalue weighted by molar-refractivity contribution is -0.117. The van der Waals surface area contributed by atoms with Gasteiger partial charge in [0.05, 0.1) is 16.1 Å². The molecule has 10 heteroatoms. The summed E-state index contributed by atoms with van der Waals surface area (Å²) in [6, 6.07) is 6.57. The van der Waals surface area contributed by atoms with E-state index in [9.17, 15) is 9.59 Å². The predicted molar refractivity (Wildman–Crippen MR) is 104 cm³/mol. The molecule has 0 unspecified atom stereocenters. The van der Waals surface area contributed by atoms with Crippen LogP contribution in [0, 0.1) is 0 Å². The Hall–Kier alpha value is -0.960. The highest BCUT2D eigenvalue weighted by molar-refractivity contribution is 8.33. The molecule has 0 bridgehead atoms. The number of nitrogens with zero attached hydrogens (tertiary/aromatic N) is 2. The van der Waals surface area contributed by atoms with Crippen LogP contribution in [0.2, 0.25) is 14.6 Å². The fourth-order valence-electron chi connectivity index (χ4n) is 1.91. The molecule has 1 aromatic carbocycles. The van der Waals surface area contributed by atoms with Crippen LogP contribution in [-0.4, -0.2) is 20.3 Å². The summed E-state index contributed by atoms with van der Waals surface area (Å²) in [6.07, 6.45) is 1.38. The number of thioether (sulfide) groups is 1. The molecule has 2 heterocycles. The van der Waals surface area contributed by atoms with Gasteiger partial charge in [0.1, 0.15) is 5.15 Å². The quantitative estimate of drug-likeness (QED) is 0.374. The average Bonchev–Trinajstić information content (AvgIpc) is 2.83. The molecule has 3 rings (SSSR count). The van der Waals surface area contributed by atoms with Gasteiger partial charge in [-0.2, -0.15) is 0 Å². The largest absolute Gasteiger partial charge is 0.281 e. The summed E-state index contributed by atoms with van der Waals surface area (Å²) in [7, 11) is 0. The first-order valence-corrected chi connectivity index (χ1v) is 9.44. The topological polar surface area (TPSA) is 50.3 Å². The van der Waals surface area contributed by atoms with Gasteiger partial charge in [0.2, 0.25) is 5.12 Å². The minimum Gasteiger partial charge on any atom is -0.281 e. The Balaban J connectivity index is 2.03. The molecule has 0 spiro atoms. The van der Waals surface area contributed by atoms with Crippen LogP contribution in [0.3, 0.4) is 0 Å². The Morgan fingerprint density at radius 2 is 1.79 bits per heavy atom. The van der Waals surface area contributed by atoms with Gasteiger partial charge >= 0.3 is 0 Å². The molecule has 1 aliphatic rings. The van der Waals surface area contributed by atoms with E-state index in [0.29, 0.717) is 15.6 Å². The lowest BCUT2D eigenvalue weighted by Gasteiger charge is -2.27. The molecule has 24 heavy (non-hydrogen) atoms. The first-order chi connectivity index (χ1) is 11.4. The van der Waals surface area contributed by atoms with Crippen LogP contribution in [0.4, 0.5) is 5.69 Å². The van der Waals surface area contributed by atoms with E-state index >= 15 is 0 Å². The second-order valence-corrected chi connectivity index (χ2v) is 8.47. The molecule has 1 fully saturated rings. The number of carbonyl (C=O) groups is 2. The molecule has 122 valence electrons. The van der Waals surface area contributed by atoms with Crippen LogP contribution in [0.25, 0.3) is 6.08 Å². The Morgan fingerprint density at radius 1 is 1.12 bits per heavy atom. The van der Waals surface area contributed by atoms with E-state index in [0.717, 1.165) is 23.1 Å². The van der Waals surface area contributed by atoms with Crippen LogP contribution < -0.4 is 4.90 Å². The van der Waals surface area contributed by atoms with Crippen LogP contribution >= 0.6 is 70.1 Å². The Labute approximate surface area is 165 Å². The SMILES string of the molecule is O=C1SC(=S)N(c2ccc(Cl)cc2)C(=O)C1=Cc1sc(Cl)nc1Cl. The molecular formula is C14H5Cl3N2O2S3. The Morgan fingerprint density at radius 3 is 2.38 bits per heavy atom. The van der Waals surface area contributed by atoms with Crippen molar-refractivity contribution in [3.8, 4) is 0 Å². The fraction of sp³-hybridized carbons (Fsp3) is 0. The van der Waals surface area contributed by atoms with E-state index in [1.165, 1.54) is 11.0 Å². The number of thiocarbonyl (C=S) groups is 1. The van der Waals surface area contributed by atoms with Crippen molar-refractivity contribution in [1.82, 2.24) is 4.98 Å². The Bertz CT molecular complexity index is 893. The van der Waals surface area contributed by atoms with Crippen molar-refractivity contribution in [2.24, 2.45) is 0 Å². The van der Waals surface area contributed by atoms with Crippen LogP contribution in [-0.2, 0) is 9.59 Å². The summed E-state index contributed by atoms with van der Waals surface area (Å²) in [5.41, 5.74) is 0.472. The first-order valence-electron chi connectivity index (χ1n) is 6.26. The zero-order valence-corrected chi connectivity index (χ0v) is 16.2. The highest BCUT2D eigenvalue weighted by Gasteiger charge is 2.35. The summed E-state index contributed by atoms with van der Waals surface area (Å²) < 4.78 is 0.373. The number of thiazole rings is 1. The van der Waals surface area contributed by atoms with Crippen molar-refractivity contribution in [2.45, 2.75) is 0 Å². The number of anilines is 1. The maximum atomic E-state index is 12.8. The van der Waals surface area contributed by atoms with Gasteiger partial charge in [-0.05, 0) is 42.1 Å². The molecule has 0 saturated carbocycles. The number of benzene rings is 1. The number of carbonyl (C=O) groups excluding carboxylic acids is 2. The van der Waals surface area contributed by atoms with E-state index in [2.05, 4.69) is 4.98 Å². The number of aromatic nitrogens is 1. The molecule has 0 atom stereocenters. The van der Waals surface area contributed by atoms with Gasteiger partial charge in [-0.25, -0.2) is 4.98 Å². The first kappa shape index (κ1) is 17.8. The molecule has 1 amide bonds. The molecule has 1 aromatic heterocycles. The minimum atomic E-state index is -0.535. The molecule has 4 nitrogen and oxygen atoms in total. The van der Waals surface area contributed by atoms with Crippen LogP contribution in [0.1, 0.15) is 4.88 Å². The van der Waals surface area contributed by atoms with Crippen molar-refractivity contribution in [3.05, 3.63) is 49.4 Å². The lowest BCUT2D eigenvalue weighted by Crippen LogP contribution is -2.41. The van der Waals surface area contributed by atoms with E-state index in [-0.39, 0.29) is 19.5 Å². The number of rotatable bonds is 2. The van der Waals surface area contributed by atoms with Crippen LogP contribution in [0.15, 0.2) is 29.8 Å². The zero-order chi connectivity index (χ0) is 17.4. The summed E-state index contributed by atoms with van der Waals surface area (Å²) in [5, 5.41) is 0.213. The number of hydrogen-bond acceptors (Lipinski definition) is 6. The maximum absolute atomic E-state index is 12.8. The number of hydrogen-bond donors (Lipinski definition) is 0. The molecule has 1 aliphatic heterocycles. The van der Waals surface area contributed by atoms with Gasteiger partial charge in [-0.3, -0.25) is 14.5 Å².